The Bertz CT molecular complexity index is 776. The lowest BCUT2D eigenvalue weighted by atomic mass is 10.1. The van der Waals surface area contributed by atoms with Gasteiger partial charge in [-0.1, -0.05) is 11.8 Å². The predicted octanol–water partition coefficient (Wildman–Crippen LogP) is 3.29. The van der Waals surface area contributed by atoms with E-state index in [4.69, 9.17) is 4.42 Å². The molecule has 0 aromatic carbocycles. The van der Waals surface area contributed by atoms with Gasteiger partial charge in [0.1, 0.15) is 5.76 Å². The van der Waals surface area contributed by atoms with Crippen LogP contribution >= 0.6 is 11.8 Å². The van der Waals surface area contributed by atoms with Gasteiger partial charge in [-0.15, -0.1) is 10.2 Å². The van der Waals surface area contributed by atoms with Gasteiger partial charge >= 0.3 is 12.3 Å². The minimum atomic E-state index is -4.54. The molecule has 2 aromatic rings. The molecule has 160 valence electrons. The van der Waals surface area contributed by atoms with Crippen molar-refractivity contribution in [3.63, 3.8) is 0 Å². The zero-order valence-corrected chi connectivity index (χ0v) is 16.5. The number of nitrogens with zero attached hydrogens (tertiary/aromatic N) is 4. The minimum absolute atomic E-state index is 0.133. The number of halogens is 3. The van der Waals surface area contributed by atoms with Crippen molar-refractivity contribution >= 4 is 23.8 Å². The van der Waals surface area contributed by atoms with Gasteiger partial charge < -0.3 is 19.4 Å². The van der Waals surface area contributed by atoms with Gasteiger partial charge in [-0.3, -0.25) is 4.57 Å². The normalized spacial score (nSPS) is 14.8. The molecule has 0 saturated carbocycles. The molecule has 29 heavy (non-hydrogen) atoms. The van der Waals surface area contributed by atoms with E-state index >= 15 is 0 Å². The van der Waals surface area contributed by atoms with Crippen molar-refractivity contribution in [3.8, 4) is 0 Å². The van der Waals surface area contributed by atoms with Crippen molar-refractivity contribution in [2.45, 2.75) is 37.1 Å². The monoisotopic (exact) mass is 433 g/mol. The molecule has 1 saturated heterocycles. The summed E-state index contributed by atoms with van der Waals surface area (Å²) in [4.78, 5) is 13.5. The number of ether oxygens (including phenoxy) is 1. The molecule has 0 radical (unpaired) electrons. The number of thioether (sulfide) groups is 1. The van der Waals surface area contributed by atoms with Crippen molar-refractivity contribution in [2.24, 2.45) is 0 Å². The highest BCUT2D eigenvalue weighted by Gasteiger charge is 2.29. The van der Waals surface area contributed by atoms with Gasteiger partial charge in [0.15, 0.2) is 11.8 Å². The van der Waals surface area contributed by atoms with Crippen molar-refractivity contribution < 1.29 is 27.1 Å². The van der Waals surface area contributed by atoms with Gasteiger partial charge in [-0.25, -0.2) is 4.79 Å². The molecule has 1 amide bonds. The largest absolute Gasteiger partial charge is 0.467 e. The summed E-state index contributed by atoms with van der Waals surface area (Å²) in [7, 11) is 0. The molecule has 8 nitrogen and oxygen atoms in total. The lowest BCUT2D eigenvalue weighted by Gasteiger charge is -2.27. The number of hydrogen-bond acceptors (Lipinski definition) is 7. The number of furan rings is 1. The van der Waals surface area contributed by atoms with Gasteiger partial charge in [0.25, 0.3) is 0 Å². The number of piperidine rings is 1. The summed E-state index contributed by atoms with van der Waals surface area (Å²) in [6.07, 6.45) is -0.655. The molecular formula is C17H22F3N5O3S. The number of carbonyl (C=O) groups excluding carboxylic acids is 1. The van der Waals surface area contributed by atoms with E-state index in [1.807, 2.05) is 16.7 Å². The Kier molecular flexibility index (Phi) is 7.29. The number of aromatic nitrogens is 3. The lowest BCUT2D eigenvalue weighted by Crippen LogP contribution is -2.32. The Morgan fingerprint density at radius 3 is 2.76 bits per heavy atom. The quantitative estimate of drug-likeness (QED) is 0.505. The molecule has 2 aromatic heterocycles. The third-order valence-electron chi connectivity index (χ3n) is 4.20. The summed E-state index contributed by atoms with van der Waals surface area (Å²) in [6, 6.07) is 3.68. The summed E-state index contributed by atoms with van der Waals surface area (Å²) in [5.41, 5.74) is 0. The summed E-state index contributed by atoms with van der Waals surface area (Å²) in [5, 5.41) is 11.5. The fraction of sp³-hybridized carbons (Fsp3) is 0.588. The van der Waals surface area contributed by atoms with Crippen molar-refractivity contribution in [1.29, 1.82) is 0 Å². The molecule has 0 spiro atoms. The van der Waals surface area contributed by atoms with Crippen LogP contribution in [0.15, 0.2) is 28.0 Å². The first kappa shape index (κ1) is 21.3. The van der Waals surface area contributed by atoms with Gasteiger partial charge in [0.2, 0.25) is 5.95 Å². The summed E-state index contributed by atoms with van der Waals surface area (Å²) in [6.45, 7) is 0.812. The van der Waals surface area contributed by atoms with Crippen molar-refractivity contribution in [1.82, 2.24) is 20.1 Å². The zero-order chi connectivity index (χ0) is 20.7. The highest BCUT2D eigenvalue weighted by molar-refractivity contribution is 7.99. The van der Waals surface area contributed by atoms with Gasteiger partial charge in [-0.05, 0) is 31.4 Å². The second kappa shape index (κ2) is 9.90. The Hall–Kier alpha value is -2.37. The molecule has 3 rings (SSSR count). The Morgan fingerprint density at radius 1 is 1.28 bits per heavy atom. The fourth-order valence-corrected chi connectivity index (χ4v) is 3.69. The van der Waals surface area contributed by atoms with Crippen LogP contribution in [0.5, 0.6) is 0 Å². The number of anilines is 1. The Morgan fingerprint density at radius 2 is 2.07 bits per heavy atom. The second-order valence-corrected chi connectivity index (χ2v) is 7.52. The van der Waals surface area contributed by atoms with Crippen LogP contribution in [-0.4, -0.2) is 59.0 Å². The van der Waals surface area contributed by atoms with Crippen LogP contribution in [0.2, 0.25) is 0 Å². The van der Waals surface area contributed by atoms with Gasteiger partial charge in [-0.2, -0.15) is 13.2 Å². The van der Waals surface area contributed by atoms with Crippen LogP contribution in [0.4, 0.5) is 23.9 Å². The molecule has 1 aliphatic rings. The first-order chi connectivity index (χ1) is 13.9. The highest BCUT2D eigenvalue weighted by Crippen LogP contribution is 2.25. The third kappa shape index (κ3) is 6.58. The lowest BCUT2D eigenvalue weighted by molar-refractivity contribution is -0.160. The highest BCUT2D eigenvalue weighted by atomic mass is 32.2. The summed E-state index contributed by atoms with van der Waals surface area (Å²) >= 11 is 1.35. The maximum absolute atomic E-state index is 12.0. The van der Waals surface area contributed by atoms with Crippen LogP contribution in [0.25, 0.3) is 0 Å². The van der Waals surface area contributed by atoms with E-state index in [-0.39, 0.29) is 6.54 Å². The predicted molar refractivity (Wildman–Crippen MR) is 100 cm³/mol. The van der Waals surface area contributed by atoms with Crippen molar-refractivity contribution in [2.75, 3.05) is 36.9 Å². The average Bonchev–Trinajstić information content (AvgIpc) is 3.34. The molecule has 1 aliphatic heterocycles. The standard InChI is InChI=1S/C17H22F3N5O3S/c18-17(19,20)12-28-16(26)21-6-10-29-15-23-22-14(24-7-2-1-3-8-24)25(15)11-13-5-4-9-27-13/h4-5,9H,1-3,6-8,10-12H2,(H,21,26). The number of alkyl carbamates (subject to hydrolysis) is 1. The van der Waals surface area contributed by atoms with E-state index in [1.54, 1.807) is 6.26 Å². The van der Waals surface area contributed by atoms with E-state index in [9.17, 15) is 18.0 Å². The topological polar surface area (TPSA) is 85.4 Å². The summed E-state index contributed by atoms with van der Waals surface area (Å²) in [5.74, 6) is 1.93. The van der Waals surface area contributed by atoms with Crippen LogP contribution in [0.3, 0.4) is 0 Å². The third-order valence-corrected chi connectivity index (χ3v) is 5.17. The van der Waals surface area contributed by atoms with Crippen LogP contribution in [0, 0.1) is 0 Å². The molecular weight excluding hydrogens is 411 g/mol. The first-order valence-electron chi connectivity index (χ1n) is 9.23. The van der Waals surface area contributed by atoms with E-state index in [1.165, 1.54) is 18.2 Å². The number of carbonyl (C=O) groups is 1. The SMILES string of the molecule is O=C(NCCSc1nnc(N2CCCCC2)n1Cc1ccco1)OCC(F)(F)F. The number of nitrogens with one attached hydrogen (secondary N) is 1. The second-order valence-electron chi connectivity index (χ2n) is 6.46. The van der Waals surface area contributed by atoms with E-state index < -0.39 is 18.9 Å². The van der Waals surface area contributed by atoms with Crippen LogP contribution in [-0.2, 0) is 11.3 Å². The molecule has 1 N–H and O–H groups in total. The number of hydrogen-bond donors (Lipinski definition) is 1. The van der Waals surface area contributed by atoms with Gasteiger partial charge in [0, 0.05) is 25.4 Å². The molecule has 1 fully saturated rings. The Balaban J connectivity index is 1.56. The van der Waals surface area contributed by atoms with E-state index in [2.05, 4.69) is 25.2 Å². The van der Waals surface area contributed by atoms with E-state index in [0.717, 1.165) is 37.6 Å². The minimum Gasteiger partial charge on any atom is -0.467 e. The zero-order valence-electron chi connectivity index (χ0n) is 15.7. The van der Waals surface area contributed by atoms with Crippen LogP contribution in [0.1, 0.15) is 25.0 Å². The molecule has 0 atom stereocenters. The van der Waals surface area contributed by atoms with Crippen LogP contribution < -0.4 is 10.2 Å². The number of alkyl halides is 3. The first-order valence-corrected chi connectivity index (χ1v) is 10.2. The smallest absolute Gasteiger partial charge is 0.422 e. The number of amides is 1. The number of rotatable bonds is 8. The maximum Gasteiger partial charge on any atom is 0.422 e. The molecule has 0 aliphatic carbocycles. The summed E-state index contributed by atoms with van der Waals surface area (Å²) < 4.78 is 47.6. The van der Waals surface area contributed by atoms with Crippen molar-refractivity contribution in [3.05, 3.63) is 24.2 Å². The van der Waals surface area contributed by atoms with Gasteiger partial charge in [0.05, 0.1) is 12.8 Å². The molecule has 0 bridgehead atoms. The van der Waals surface area contributed by atoms with E-state index in [0.29, 0.717) is 17.5 Å². The fourth-order valence-electron chi connectivity index (χ4n) is 2.91. The Labute approximate surface area is 169 Å². The molecule has 3 heterocycles. The molecule has 0 unspecified atom stereocenters. The molecule has 12 heteroatoms. The average molecular weight is 433 g/mol. The maximum atomic E-state index is 12.0.